The molecule has 0 bridgehead atoms. The Bertz CT molecular complexity index is 651. The van der Waals surface area contributed by atoms with Crippen LogP contribution in [0.5, 0.6) is 0 Å². The molecular weight excluding hydrogens is 263 g/mol. The van der Waals surface area contributed by atoms with E-state index in [4.69, 9.17) is 0 Å². The summed E-state index contributed by atoms with van der Waals surface area (Å²) in [5.74, 6) is -0.454. The maximum atomic E-state index is 13.1. The summed E-state index contributed by atoms with van der Waals surface area (Å²) in [4.78, 5) is 0. The van der Waals surface area contributed by atoms with Crippen LogP contribution < -0.4 is 0 Å². The maximum absolute atomic E-state index is 13.1. The monoisotopic (exact) mass is 278 g/mol. The summed E-state index contributed by atoms with van der Waals surface area (Å²) in [6, 6.07) is 14.7. The molecule has 0 aromatic heterocycles. The fraction of sp³-hybridized carbons (Fsp3) is 0.200. The third-order valence-corrected chi connectivity index (χ3v) is 5.15. The predicted molar refractivity (Wildman–Crippen MR) is 73.9 cm³/mol. The molecule has 0 N–H and O–H groups in total. The van der Waals surface area contributed by atoms with Crippen molar-refractivity contribution < 1.29 is 12.8 Å². The lowest BCUT2D eigenvalue weighted by Crippen LogP contribution is -2.13. The van der Waals surface area contributed by atoms with Crippen molar-refractivity contribution in [2.75, 3.05) is 0 Å². The average molecular weight is 278 g/mol. The van der Waals surface area contributed by atoms with E-state index in [0.29, 0.717) is 5.56 Å². The summed E-state index contributed by atoms with van der Waals surface area (Å²) >= 11 is 0. The van der Waals surface area contributed by atoms with Crippen LogP contribution >= 0.6 is 0 Å². The summed E-state index contributed by atoms with van der Waals surface area (Å²) in [7, 11) is -3.35. The van der Waals surface area contributed by atoms with E-state index >= 15 is 0 Å². The van der Waals surface area contributed by atoms with Crippen molar-refractivity contribution in [1.29, 1.82) is 0 Å². The number of sulfone groups is 1. The second-order valence-corrected chi connectivity index (χ2v) is 6.81. The van der Waals surface area contributed by atoms with Gasteiger partial charge in [0.05, 0.1) is 11.0 Å². The Kier molecular flexibility index (Phi) is 4.00. The number of hydrogen-bond acceptors (Lipinski definition) is 2. The summed E-state index contributed by atoms with van der Waals surface area (Å²) in [5, 5.41) is -0.719. The van der Waals surface area contributed by atoms with Crippen LogP contribution in [0.2, 0.25) is 0 Å². The lowest BCUT2D eigenvalue weighted by Gasteiger charge is -2.13. The zero-order chi connectivity index (χ0) is 13.9. The van der Waals surface area contributed by atoms with E-state index in [1.165, 1.54) is 18.2 Å². The molecule has 2 rings (SSSR count). The quantitative estimate of drug-likeness (QED) is 0.857. The Hall–Kier alpha value is -1.68. The minimum Gasteiger partial charge on any atom is -0.228 e. The van der Waals surface area contributed by atoms with E-state index in [1.54, 1.807) is 37.3 Å². The number of hydrogen-bond donors (Lipinski definition) is 0. The van der Waals surface area contributed by atoms with Gasteiger partial charge in [0, 0.05) is 0 Å². The zero-order valence-electron chi connectivity index (χ0n) is 10.6. The van der Waals surface area contributed by atoms with Crippen molar-refractivity contribution in [3.05, 3.63) is 71.5 Å². The van der Waals surface area contributed by atoms with Crippen LogP contribution in [0.15, 0.2) is 54.6 Å². The molecule has 1 atom stereocenters. The highest BCUT2D eigenvalue weighted by atomic mass is 32.2. The molecule has 0 aliphatic rings. The van der Waals surface area contributed by atoms with Crippen molar-refractivity contribution >= 4 is 9.84 Å². The molecule has 0 radical (unpaired) electrons. The Morgan fingerprint density at radius 2 is 1.74 bits per heavy atom. The molecule has 4 heteroatoms. The Balaban J connectivity index is 2.25. The number of halogens is 1. The maximum Gasteiger partial charge on any atom is 0.161 e. The van der Waals surface area contributed by atoms with Gasteiger partial charge in [0.2, 0.25) is 0 Å². The molecule has 100 valence electrons. The van der Waals surface area contributed by atoms with Crippen molar-refractivity contribution in [2.24, 2.45) is 0 Å². The third kappa shape index (κ3) is 3.41. The first-order valence-corrected chi connectivity index (χ1v) is 7.71. The smallest absolute Gasteiger partial charge is 0.161 e. The normalized spacial score (nSPS) is 13.2. The molecule has 0 heterocycles. The SMILES string of the molecule is C[C@H](c1cccc(F)c1)S(=O)(=O)Cc1ccccc1. The van der Waals surface area contributed by atoms with E-state index < -0.39 is 20.9 Å². The second-order valence-electron chi connectivity index (χ2n) is 4.49. The molecule has 0 saturated carbocycles. The largest absolute Gasteiger partial charge is 0.228 e. The van der Waals surface area contributed by atoms with Gasteiger partial charge in [0.1, 0.15) is 5.82 Å². The highest BCUT2D eigenvalue weighted by molar-refractivity contribution is 7.90. The molecule has 0 fully saturated rings. The molecule has 0 aliphatic carbocycles. The van der Waals surface area contributed by atoms with E-state index in [0.717, 1.165) is 5.56 Å². The molecule has 0 aliphatic heterocycles. The number of rotatable bonds is 4. The first-order valence-electron chi connectivity index (χ1n) is 6.00. The summed E-state index contributed by atoms with van der Waals surface area (Å²) in [6.07, 6.45) is 0. The van der Waals surface area contributed by atoms with E-state index in [-0.39, 0.29) is 5.75 Å². The van der Waals surface area contributed by atoms with Gasteiger partial charge in [-0.3, -0.25) is 0 Å². The molecule has 0 unspecified atom stereocenters. The fourth-order valence-electron chi connectivity index (χ4n) is 1.90. The molecule has 2 nitrogen and oxygen atoms in total. The summed E-state index contributed by atoms with van der Waals surface area (Å²) < 4.78 is 37.7. The Labute approximate surface area is 112 Å². The van der Waals surface area contributed by atoms with Crippen molar-refractivity contribution in [3.63, 3.8) is 0 Å². The van der Waals surface area contributed by atoms with Crippen LogP contribution in [0.3, 0.4) is 0 Å². The average Bonchev–Trinajstić information content (AvgIpc) is 2.38. The predicted octanol–water partition coefficient (Wildman–Crippen LogP) is 3.50. The van der Waals surface area contributed by atoms with Gasteiger partial charge >= 0.3 is 0 Å². The molecule has 2 aromatic carbocycles. The topological polar surface area (TPSA) is 34.1 Å². The molecule has 0 spiro atoms. The van der Waals surface area contributed by atoms with E-state index in [9.17, 15) is 12.8 Å². The van der Waals surface area contributed by atoms with Gasteiger partial charge < -0.3 is 0 Å². The fourth-order valence-corrected chi connectivity index (χ4v) is 3.37. The molecule has 2 aromatic rings. The third-order valence-electron chi connectivity index (χ3n) is 3.07. The first kappa shape index (κ1) is 13.7. The summed E-state index contributed by atoms with van der Waals surface area (Å²) in [5.41, 5.74) is 1.22. The van der Waals surface area contributed by atoms with Crippen LogP contribution in [-0.4, -0.2) is 8.42 Å². The molecule has 0 saturated heterocycles. The second kappa shape index (κ2) is 5.53. The van der Waals surface area contributed by atoms with Crippen LogP contribution in [-0.2, 0) is 15.6 Å². The minimum absolute atomic E-state index is 0.0362. The molecule has 19 heavy (non-hydrogen) atoms. The van der Waals surface area contributed by atoms with Gasteiger partial charge in [-0.1, -0.05) is 42.5 Å². The molecular formula is C15H15FO2S. The minimum atomic E-state index is -3.35. The van der Waals surface area contributed by atoms with Crippen molar-refractivity contribution in [1.82, 2.24) is 0 Å². The van der Waals surface area contributed by atoms with E-state index in [2.05, 4.69) is 0 Å². The van der Waals surface area contributed by atoms with Crippen LogP contribution in [0, 0.1) is 5.82 Å². The van der Waals surface area contributed by atoms with Crippen LogP contribution in [0.4, 0.5) is 4.39 Å². The number of benzene rings is 2. The van der Waals surface area contributed by atoms with Gasteiger partial charge in [0.25, 0.3) is 0 Å². The van der Waals surface area contributed by atoms with Gasteiger partial charge in [-0.05, 0) is 30.2 Å². The van der Waals surface area contributed by atoms with Crippen LogP contribution in [0.25, 0.3) is 0 Å². The highest BCUT2D eigenvalue weighted by Gasteiger charge is 2.23. The van der Waals surface area contributed by atoms with Crippen molar-refractivity contribution in [2.45, 2.75) is 17.9 Å². The first-order chi connectivity index (χ1) is 8.99. The Morgan fingerprint density at radius 3 is 2.37 bits per heavy atom. The zero-order valence-corrected chi connectivity index (χ0v) is 11.4. The van der Waals surface area contributed by atoms with Crippen molar-refractivity contribution in [3.8, 4) is 0 Å². The Morgan fingerprint density at radius 1 is 1.05 bits per heavy atom. The standard InChI is InChI=1S/C15H15FO2S/c1-12(14-8-5-9-15(16)10-14)19(17,18)11-13-6-3-2-4-7-13/h2-10,12H,11H2,1H3/t12-/m1/s1. The lowest BCUT2D eigenvalue weighted by molar-refractivity contribution is 0.584. The van der Waals surface area contributed by atoms with Gasteiger partial charge in [-0.2, -0.15) is 0 Å². The highest BCUT2D eigenvalue weighted by Crippen LogP contribution is 2.25. The van der Waals surface area contributed by atoms with Gasteiger partial charge in [-0.25, -0.2) is 12.8 Å². The summed E-state index contributed by atoms with van der Waals surface area (Å²) in [6.45, 7) is 1.59. The van der Waals surface area contributed by atoms with E-state index in [1.807, 2.05) is 6.07 Å². The lowest BCUT2D eigenvalue weighted by atomic mass is 10.2. The van der Waals surface area contributed by atoms with Crippen LogP contribution in [0.1, 0.15) is 23.3 Å². The van der Waals surface area contributed by atoms with Gasteiger partial charge in [-0.15, -0.1) is 0 Å². The van der Waals surface area contributed by atoms with Gasteiger partial charge in [0.15, 0.2) is 9.84 Å². The molecule has 0 amide bonds.